The number of hydrogen-bond donors (Lipinski definition) is 2. The van der Waals surface area contributed by atoms with Crippen molar-refractivity contribution < 1.29 is 13.2 Å². The Morgan fingerprint density at radius 1 is 0.973 bits per heavy atom. The fraction of sp³-hybridized carbons (Fsp3) is 0.346. The molecule has 3 heterocycles. The predicted octanol–water partition coefficient (Wildman–Crippen LogP) is 5.13. The van der Waals surface area contributed by atoms with Crippen molar-refractivity contribution in [3.63, 3.8) is 0 Å². The second-order valence-corrected chi connectivity index (χ2v) is 9.00. The number of alkyl halides is 3. The van der Waals surface area contributed by atoms with Crippen molar-refractivity contribution in [1.82, 2.24) is 35.3 Å². The van der Waals surface area contributed by atoms with Crippen LogP contribution in [0, 0.1) is 0 Å². The third kappa shape index (κ3) is 5.77. The molecule has 1 aromatic carbocycles. The van der Waals surface area contributed by atoms with E-state index in [4.69, 9.17) is 0 Å². The summed E-state index contributed by atoms with van der Waals surface area (Å²) in [5, 5.41) is 18.3. The largest absolute Gasteiger partial charge is 0.453 e. The molecule has 0 fully saturated rings. The number of halogens is 3. The molecular weight excluding hydrogens is 481 g/mol. The minimum absolute atomic E-state index is 0.0767. The number of anilines is 2. The molecule has 0 radical (unpaired) electrons. The lowest BCUT2D eigenvalue weighted by Gasteiger charge is -2.15. The maximum absolute atomic E-state index is 13.6. The summed E-state index contributed by atoms with van der Waals surface area (Å²) in [5.41, 5.74) is 4.05. The summed E-state index contributed by atoms with van der Waals surface area (Å²) in [4.78, 5) is 8.24. The lowest BCUT2D eigenvalue weighted by Crippen LogP contribution is -2.29. The molecule has 0 spiro atoms. The molecule has 0 saturated heterocycles. The Morgan fingerprint density at radius 3 is 2.54 bits per heavy atom. The van der Waals surface area contributed by atoms with E-state index in [9.17, 15) is 13.2 Å². The van der Waals surface area contributed by atoms with E-state index >= 15 is 0 Å². The highest BCUT2D eigenvalue weighted by Gasteiger charge is 2.37. The predicted molar refractivity (Wildman–Crippen MR) is 134 cm³/mol. The summed E-state index contributed by atoms with van der Waals surface area (Å²) in [5.74, 6) is -1.15. The number of nitrogens with one attached hydrogen (secondary N) is 2. The van der Waals surface area contributed by atoms with Gasteiger partial charge in [0.15, 0.2) is 5.82 Å². The van der Waals surface area contributed by atoms with Gasteiger partial charge < -0.3 is 10.6 Å². The smallest absolute Gasteiger partial charge is 0.324 e. The molecule has 37 heavy (non-hydrogen) atoms. The zero-order valence-electron chi connectivity index (χ0n) is 20.3. The van der Waals surface area contributed by atoms with Crippen molar-refractivity contribution in [2.24, 2.45) is 0 Å². The minimum atomic E-state index is -4.71. The van der Waals surface area contributed by atoms with E-state index in [1.807, 2.05) is 18.2 Å². The van der Waals surface area contributed by atoms with E-state index in [1.165, 1.54) is 17.3 Å². The Bertz CT molecular complexity index is 1350. The lowest BCUT2D eigenvalue weighted by atomic mass is 10.0. The van der Waals surface area contributed by atoms with Crippen LogP contribution < -0.4 is 10.6 Å². The Morgan fingerprint density at radius 2 is 1.78 bits per heavy atom. The van der Waals surface area contributed by atoms with Crippen LogP contribution in [-0.2, 0) is 19.0 Å². The monoisotopic (exact) mass is 508 g/mol. The third-order valence-electron chi connectivity index (χ3n) is 6.32. The molecule has 0 saturated carbocycles. The number of aromatic nitrogens is 6. The van der Waals surface area contributed by atoms with Crippen molar-refractivity contribution in [2.45, 2.75) is 51.2 Å². The molecule has 1 unspecified atom stereocenters. The molecule has 0 bridgehead atoms. The first-order valence-corrected chi connectivity index (χ1v) is 12.3. The van der Waals surface area contributed by atoms with Crippen molar-refractivity contribution in [3.8, 4) is 17.2 Å². The van der Waals surface area contributed by atoms with Crippen LogP contribution >= 0.6 is 0 Å². The van der Waals surface area contributed by atoms with Gasteiger partial charge in [0, 0.05) is 17.9 Å². The first-order valence-electron chi connectivity index (χ1n) is 12.3. The second-order valence-electron chi connectivity index (χ2n) is 9.00. The number of hydrogen-bond acceptors (Lipinski definition) is 7. The minimum Gasteiger partial charge on any atom is -0.324 e. The highest BCUT2D eigenvalue weighted by atomic mass is 19.4. The van der Waals surface area contributed by atoms with Gasteiger partial charge in [-0.3, -0.25) is 0 Å². The normalized spacial score (nSPS) is 15.7. The van der Waals surface area contributed by atoms with E-state index in [0.29, 0.717) is 23.1 Å². The maximum atomic E-state index is 13.6. The van der Waals surface area contributed by atoms with Gasteiger partial charge in [0.2, 0.25) is 5.95 Å². The van der Waals surface area contributed by atoms with Gasteiger partial charge in [0.25, 0.3) is 5.82 Å². The van der Waals surface area contributed by atoms with E-state index in [-0.39, 0.29) is 11.8 Å². The number of fused-ring (bicyclic) bond motifs is 1. The number of benzene rings is 1. The maximum Gasteiger partial charge on any atom is 0.453 e. The Kier molecular flexibility index (Phi) is 7.13. The zero-order chi connectivity index (χ0) is 25.8. The molecule has 3 aromatic heterocycles. The van der Waals surface area contributed by atoms with Crippen molar-refractivity contribution in [3.05, 3.63) is 71.7 Å². The standard InChI is InChI=1S/C26H27F3N8/c1-2-14-30-19-11-8-17-9-13-20(16-18(17)10-12-19)32-25-34-24(26(27,28)29)36-37(25)23-7-3-5-21(33-23)22-6-4-15-31-35-22/h3-7,9,13,15-16,19,30H,2,8,10-12,14H2,1H3,(H,32,34,36). The average molecular weight is 509 g/mol. The quantitative estimate of drug-likeness (QED) is 0.334. The van der Waals surface area contributed by atoms with E-state index < -0.39 is 12.0 Å². The van der Waals surface area contributed by atoms with E-state index in [1.54, 1.807) is 30.3 Å². The summed E-state index contributed by atoms with van der Waals surface area (Å²) in [6.45, 7) is 3.15. The van der Waals surface area contributed by atoms with Crippen LogP contribution in [0.3, 0.4) is 0 Å². The highest BCUT2D eigenvalue weighted by molar-refractivity contribution is 5.59. The summed E-state index contributed by atoms with van der Waals surface area (Å²) in [6.07, 6.45) is 1.86. The van der Waals surface area contributed by atoms with Crippen LogP contribution in [-0.4, -0.2) is 42.5 Å². The van der Waals surface area contributed by atoms with Crippen LogP contribution in [0.2, 0.25) is 0 Å². The summed E-state index contributed by atoms with van der Waals surface area (Å²) in [6, 6.07) is 14.8. The van der Waals surface area contributed by atoms with Crippen LogP contribution in [0.1, 0.15) is 43.1 Å². The van der Waals surface area contributed by atoms with Gasteiger partial charge in [0.05, 0.1) is 5.69 Å². The number of aryl methyl sites for hydroxylation is 2. The molecule has 11 heteroatoms. The molecule has 0 amide bonds. The Balaban J connectivity index is 1.45. The molecule has 4 aromatic rings. The molecule has 192 valence electrons. The SMILES string of the molecule is CCCNC1CCc2ccc(Nc3nc(C(F)(F)F)nn3-c3cccc(-c4cccnn4)n3)cc2CC1. The summed E-state index contributed by atoms with van der Waals surface area (Å²) < 4.78 is 41.8. The lowest BCUT2D eigenvalue weighted by molar-refractivity contribution is -0.144. The fourth-order valence-corrected chi connectivity index (χ4v) is 4.46. The average Bonchev–Trinajstić information content (AvgIpc) is 3.23. The molecule has 5 rings (SSSR count). The second kappa shape index (κ2) is 10.6. The zero-order valence-corrected chi connectivity index (χ0v) is 20.3. The molecule has 1 aliphatic carbocycles. The molecular formula is C26H27F3N8. The van der Waals surface area contributed by atoms with Gasteiger partial charge in [-0.05, 0) is 86.2 Å². The third-order valence-corrected chi connectivity index (χ3v) is 6.32. The van der Waals surface area contributed by atoms with Gasteiger partial charge >= 0.3 is 6.18 Å². The molecule has 0 aliphatic heterocycles. The van der Waals surface area contributed by atoms with Gasteiger partial charge in [-0.15, -0.1) is 10.2 Å². The summed E-state index contributed by atoms with van der Waals surface area (Å²) >= 11 is 0. The summed E-state index contributed by atoms with van der Waals surface area (Å²) in [7, 11) is 0. The molecule has 1 atom stereocenters. The number of pyridine rings is 1. The van der Waals surface area contributed by atoms with Crippen molar-refractivity contribution in [2.75, 3.05) is 11.9 Å². The van der Waals surface area contributed by atoms with Crippen LogP contribution in [0.25, 0.3) is 17.2 Å². The molecule has 8 nitrogen and oxygen atoms in total. The Labute approximate surface area is 212 Å². The number of rotatable bonds is 7. The topological polar surface area (TPSA) is 93.4 Å². The van der Waals surface area contributed by atoms with Crippen molar-refractivity contribution in [1.29, 1.82) is 0 Å². The van der Waals surface area contributed by atoms with Crippen LogP contribution in [0.5, 0.6) is 0 Å². The van der Waals surface area contributed by atoms with Gasteiger partial charge in [-0.25, -0.2) is 4.98 Å². The highest BCUT2D eigenvalue weighted by Crippen LogP contribution is 2.31. The van der Waals surface area contributed by atoms with Gasteiger partial charge in [0.1, 0.15) is 5.69 Å². The molecule has 1 aliphatic rings. The molecule has 2 N–H and O–H groups in total. The first kappa shape index (κ1) is 24.8. The van der Waals surface area contributed by atoms with Gasteiger partial charge in [-0.1, -0.05) is 19.1 Å². The van der Waals surface area contributed by atoms with E-state index in [0.717, 1.165) is 43.3 Å². The fourth-order valence-electron chi connectivity index (χ4n) is 4.46. The first-order chi connectivity index (χ1) is 17.9. The van der Waals surface area contributed by atoms with Crippen LogP contribution in [0.15, 0.2) is 54.7 Å². The Hall–Kier alpha value is -3.86. The van der Waals surface area contributed by atoms with E-state index in [2.05, 4.69) is 42.8 Å². The van der Waals surface area contributed by atoms with Crippen molar-refractivity contribution >= 4 is 11.6 Å². The number of nitrogens with zero attached hydrogens (tertiary/aromatic N) is 6. The van der Waals surface area contributed by atoms with Crippen LogP contribution in [0.4, 0.5) is 24.8 Å². The van der Waals surface area contributed by atoms with Gasteiger partial charge in [-0.2, -0.15) is 27.9 Å².